The van der Waals surface area contributed by atoms with E-state index < -0.39 is 36.0 Å². The minimum absolute atomic E-state index is 0.000524. The number of aliphatic hydroxyl groups is 1. The zero-order chi connectivity index (χ0) is 15.4. The van der Waals surface area contributed by atoms with Gasteiger partial charge >= 0.3 is 5.97 Å². The van der Waals surface area contributed by atoms with Gasteiger partial charge in [-0.1, -0.05) is 13.8 Å². The maximum atomic E-state index is 11.9. The van der Waals surface area contributed by atoms with Crippen LogP contribution in [0, 0.1) is 5.92 Å². The first-order valence-corrected chi connectivity index (χ1v) is 6.47. The summed E-state index contributed by atoms with van der Waals surface area (Å²) in [7, 11) is 0. The highest BCUT2D eigenvalue weighted by molar-refractivity contribution is 5.90. The Kier molecular flexibility index (Phi) is 5.46. The molecule has 8 nitrogen and oxygen atoms in total. The Morgan fingerprint density at radius 3 is 2.50 bits per heavy atom. The lowest BCUT2D eigenvalue weighted by Gasteiger charge is -2.22. The van der Waals surface area contributed by atoms with E-state index in [0.717, 1.165) is 4.90 Å². The maximum absolute atomic E-state index is 11.9. The summed E-state index contributed by atoms with van der Waals surface area (Å²) in [6.45, 7) is 3.20. The van der Waals surface area contributed by atoms with Crippen LogP contribution < -0.4 is 11.1 Å². The summed E-state index contributed by atoms with van der Waals surface area (Å²) in [5, 5.41) is 20.8. The monoisotopic (exact) mass is 287 g/mol. The maximum Gasteiger partial charge on any atom is 0.326 e. The van der Waals surface area contributed by atoms with Crippen molar-refractivity contribution in [1.82, 2.24) is 10.2 Å². The fourth-order valence-electron chi connectivity index (χ4n) is 2.01. The van der Waals surface area contributed by atoms with E-state index in [-0.39, 0.29) is 25.4 Å². The van der Waals surface area contributed by atoms with E-state index in [1.807, 2.05) is 0 Å². The fourth-order valence-corrected chi connectivity index (χ4v) is 2.01. The molecule has 1 fully saturated rings. The molecule has 0 saturated carbocycles. The number of hydrogen-bond donors (Lipinski definition) is 4. The average Bonchev–Trinajstić information content (AvgIpc) is 2.76. The molecule has 3 atom stereocenters. The Balaban J connectivity index is 2.54. The smallest absolute Gasteiger partial charge is 0.326 e. The molecule has 1 aliphatic heterocycles. The second kappa shape index (κ2) is 6.67. The van der Waals surface area contributed by atoms with Crippen LogP contribution in [0.25, 0.3) is 0 Å². The number of rotatable bonds is 5. The highest BCUT2D eigenvalue weighted by atomic mass is 16.4. The Labute approximate surface area is 116 Å². The van der Waals surface area contributed by atoms with Gasteiger partial charge in [-0.2, -0.15) is 0 Å². The number of carbonyl (C=O) groups is 3. The highest BCUT2D eigenvalue weighted by Crippen LogP contribution is 2.18. The summed E-state index contributed by atoms with van der Waals surface area (Å²) in [5.41, 5.74) is 5.63. The Bertz CT molecular complexity index is 399. The topological polar surface area (TPSA) is 133 Å². The van der Waals surface area contributed by atoms with Crippen LogP contribution in [0.5, 0.6) is 0 Å². The zero-order valence-corrected chi connectivity index (χ0v) is 11.6. The fraction of sp³-hybridized carbons (Fsp3) is 0.750. The summed E-state index contributed by atoms with van der Waals surface area (Å²) in [5.74, 6) is -2.23. The third-order valence-electron chi connectivity index (χ3n) is 3.32. The molecule has 0 spiro atoms. The number of aliphatic hydroxyl groups excluding tert-OH is 1. The lowest BCUT2D eigenvalue weighted by atomic mass is 10.1. The van der Waals surface area contributed by atoms with E-state index in [0.29, 0.717) is 0 Å². The number of carboxylic acid groups (broad SMARTS) is 1. The number of hydrogen-bond acceptors (Lipinski definition) is 5. The van der Waals surface area contributed by atoms with Crippen molar-refractivity contribution in [3.63, 3.8) is 0 Å². The van der Waals surface area contributed by atoms with Crippen molar-refractivity contribution in [1.29, 1.82) is 0 Å². The number of likely N-dealkylation sites (tertiary alicyclic amines) is 1. The first-order valence-electron chi connectivity index (χ1n) is 6.47. The van der Waals surface area contributed by atoms with Crippen molar-refractivity contribution < 1.29 is 24.6 Å². The minimum Gasteiger partial charge on any atom is -0.480 e. The molecule has 0 bridgehead atoms. The van der Waals surface area contributed by atoms with E-state index in [9.17, 15) is 19.5 Å². The molecular weight excluding hydrogens is 266 g/mol. The van der Waals surface area contributed by atoms with Crippen molar-refractivity contribution in [3.8, 4) is 0 Å². The van der Waals surface area contributed by atoms with Crippen molar-refractivity contribution in [2.45, 2.75) is 38.5 Å². The molecule has 0 aromatic heterocycles. The number of aliphatic carboxylic acids is 1. The van der Waals surface area contributed by atoms with Crippen molar-refractivity contribution in [2.24, 2.45) is 11.7 Å². The van der Waals surface area contributed by atoms with Gasteiger partial charge in [0.2, 0.25) is 11.8 Å². The van der Waals surface area contributed by atoms with E-state index in [1.54, 1.807) is 13.8 Å². The van der Waals surface area contributed by atoms with Crippen LogP contribution in [0.4, 0.5) is 0 Å². The number of β-amino-alcohol motifs (C(OH)–C–C–N with tert-alkyl or cyclic N) is 1. The molecule has 2 amide bonds. The molecule has 5 N–H and O–H groups in total. The van der Waals surface area contributed by atoms with E-state index in [2.05, 4.69) is 5.32 Å². The summed E-state index contributed by atoms with van der Waals surface area (Å²) >= 11 is 0. The van der Waals surface area contributed by atoms with Crippen LogP contribution >= 0.6 is 0 Å². The third-order valence-corrected chi connectivity index (χ3v) is 3.32. The predicted octanol–water partition coefficient (Wildman–Crippen LogP) is -1.87. The zero-order valence-electron chi connectivity index (χ0n) is 11.6. The van der Waals surface area contributed by atoms with Crippen molar-refractivity contribution >= 4 is 17.8 Å². The number of nitrogens with one attached hydrogen (secondary N) is 1. The second-order valence-corrected chi connectivity index (χ2v) is 5.28. The molecule has 1 heterocycles. The number of carboxylic acids is 1. The molecule has 2 unspecified atom stereocenters. The summed E-state index contributed by atoms with van der Waals surface area (Å²) in [6, 6.07) is -1.77. The molecule has 1 saturated heterocycles. The van der Waals surface area contributed by atoms with Gasteiger partial charge in [0, 0.05) is 13.0 Å². The molecule has 0 radical (unpaired) electrons. The number of nitrogens with two attached hydrogens (primary N) is 1. The lowest BCUT2D eigenvalue weighted by molar-refractivity contribution is -0.148. The van der Waals surface area contributed by atoms with Gasteiger partial charge in [0.1, 0.15) is 6.04 Å². The Morgan fingerprint density at radius 2 is 2.00 bits per heavy atom. The molecule has 8 heteroatoms. The van der Waals surface area contributed by atoms with Crippen molar-refractivity contribution in [2.75, 3.05) is 13.1 Å². The lowest BCUT2D eigenvalue weighted by Crippen LogP contribution is -2.49. The van der Waals surface area contributed by atoms with Gasteiger partial charge in [0.05, 0.1) is 18.7 Å². The van der Waals surface area contributed by atoms with Gasteiger partial charge in [0.25, 0.3) is 0 Å². The summed E-state index contributed by atoms with van der Waals surface area (Å²) in [6.07, 6.45) is -0.853. The summed E-state index contributed by atoms with van der Waals surface area (Å²) in [4.78, 5) is 35.6. The van der Waals surface area contributed by atoms with E-state index >= 15 is 0 Å². The molecule has 0 aliphatic carbocycles. The molecular formula is C12H21N3O5. The average molecular weight is 287 g/mol. The first-order chi connectivity index (χ1) is 9.23. The van der Waals surface area contributed by atoms with Crippen LogP contribution in [0.1, 0.15) is 20.3 Å². The van der Waals surface area contributed by atoms with E-state index in [1.165, 1.54) is 0 Å². The van der Waals surface area contributed by atoms with Crippen LogP contribution in [0.2, 0.25) is 0 Å². The first kappa shape index (κ1) is 16.4. The van der Waals surface area contributed by atoms with Crippen LogP contribution in [0.3, 0.4) is 0 Å². The van der Waals surface area contributed by atoms with Crippen LogP contribution in [0.15, 0.2) is 0 Å². The van der Waals surface area contributed by atoms with Gasteiger partial charge in [-0.25, -0.2) is 4.79 Å². The molecule has 0 aromatic rings. The number of carbonyl (C=O) groups excluding carboxylic acids is 2. The highest BCUT2D eigenvalue weighted by Gasteiger charge is 2.38. The Morgan fingerprint density at radius 1 is 1.40 bits per heavy atom. The van der Waals surface area contributed by atoms with Crippen LogP contribution in [-0.4, -0.2) is 64.2 Å². The molecule has 1 rings (SSSR count). The quantitative estimate of drug-likeness (QED) is 0.468. The SMILES string of the molecule is CC(C)[C@H](N)C(=O)NCC(=O)N1CC(O)CC1C(=O)O. The molecule has 1 aliphatic rings. The minimum atomic E-state index is -1.17. The van der Waals surface area contributed by atoms with Gasteiger partial charge in [0.15, 0.2) is 0 Å². The normalized spacial score (nSPS) is 23.8. The van der Waals surface area contributed by atoms with E-state index in [4.69, 9.17) is 10.8 Å². The van der Waals surface area contributed by atoms with Gasteiger partial charge in [-0.05, 0) is 5.92 Å². The van der Waals surface area contributed by atoms with Gasteiger partial charge < -0.3 is 26.2 Å². The van der Waals surface area contributed by atoms with Gasteiger partial charge in [-0.3, -0.25) is 9.59 Å². The largest absolute Gasteiger partial charge is 0.480 e. The Hall–Kier alpha value is -1.67. The number of amides is 2. The van der Waals surface area contributed by atoms with Crippen molar-refractivity contribution in [3.05, 3.63) is 0 Å². The third kappa shape index (κ3) is 3.91. The molecule has 20 heavy (non-hydrogen) atoms. The standard InChI is InChI=1S/C12H21N3O5/c1-6(2)10(13)11(18)14-4-9(17)15-5-7(16)3-8(15)12(19)20/h6-8,10,16H,3-5,13H2,1-2H3,(H,14,18)(H,19,20)/t7?,8?,10-/m0/s1. The molecule has 0 aromatic carbocycles. The van der Waals surface area contributed by atoms with Crippen LogP contribution in [-0.2, 0) is 14.4 Å². The second-order valence-electron chi connectivity index (χ2n) is 5.28. The number of nitrogens with zero attached hydrogens (tertiary/aromatic N) is 1. The molecule has 114 valence electrons. The predicted molar refractivity (Wildman–Crippen MR) is 69.6 cm³/mol. The van der Waals surface area contributed by atoms with Gasteiger partial charge in [-0.15, -0.1) is 0 Å². The summed E-state index contributed by atoms with van der Waals surface area (Å²) < 4.78 is 0.